The second-order valence-corrected chi connectivity index (χ2v) is 7.08. The Bertz CT molecular complexity index is 395. The van der Waals surface area contributed by atoms with Crippen molar-refractivity contribution in [1.82, 2.24) is 0 Å². The van der Waals surface area contributed by atoms with E-state index >= 15 is 0 Å². The van der Waals surface area contributed by atoms with Crippen molar-refractivity contribution in [2.45, 2.75) is 75.5 Å². The van der Waals surface area contributed by atoms with Gasteiger partial charge in [-0.25, -0.2) is 0 Å². The van der Waals surface area contributed by atoms with Gasteiger partial charge in [0.1, 0.15) is 0 Å². The van der Waals surface area contributed by atoms with Crippen LogP contribution in [0, 0.1) is 0 Å². The van der Waals surface area contributed by atoms with Gasteiger partial charge < -0.3 is 5.11 Å². The quantitative estimate of drug-likeness (QED) is 0.351. The molecule has 126 valence electrons. The van der Waals surface area contributed by atoms with Gasteiger partial charge in [0.2, 0.25) is 0 Å². The summed E-state index contributed by atoms with van der Waals surface area (Å²) in [6.07, 6.45) is 10.5. The van der Waals surface area contributed by atoms with Gasteiger partial charge >= 0.3 is 0 Å². The fourth-order valence-electron chi connectivity index (χ4n) is 2.67. The van der Waals surface area contributed by atoms with Gasteiger partial charge in [-0.2, -0.15) is 0 Å². The van der Waals surface area contributed by atoms with Crippen molar-refractivity contribution in [3.05, 3.63) is 35.4 Å². The molecule has 1 aromatic carbocycles. The molecular weight excluding hydrogens is 315 g/mol. The van der Waals surface area contributed by atoms with Gasteiger partial charge in [0.05, 0.1) is 10.8 Å². The summed E-state index contributed by atoms with van der Waals surface area (Å²) < 4.78 is 0. The van der Waals surface area contributed by atoms with Crippen molar-refractivity contribution < 1.29 is 5.11 Å². The van der Waals surface area contributed by atoms with Gasteiger partial charge in [0.15, 0.2) is 0 Å². The number of aryl methyl sites for hydroxylation is 1. The number of aliphatic hydroxyl groups excluding tert-OH is 1. The number of hydrogen-bond donors (Lipinski definition) is 1. The van der Waals surface area contributed by atoms with Crippen LogP contribution in [0.5, 0.6) is 0 Å². The van der Waals surface area contributed by atoms with Crippen LogP contribution in [0.3, 0.4) is 0 Å². The lowest BCUT2D eigenvalue weighted by atomic mass is 10.00. The SMILES string of the molecule is CCCCCCCCc1cccc(C(Cl)C(Cl)CCCO)c1. The Hall–Kier alpha value is -0.240. The smallest absolute Gasteiger partial charge is 0.0749 e. The first-order chi connectivity index (χ1) is 10.7. The maximum Gasteiger partial charge on any atom is 0.0749 e. The van der Waals surface area contributed by atoms with E-state index in [-0.39, 0.29) is 17.4 Å². The van der Waals surface area contributed by atoms with Crippen molar-refractivity contribution in [2.24, 2.45) is 0 Å². The Morgan fingerprint density at radius 3 is 2.45 bits per heavy atom. The minimum atomic E-state index is -0.183. The van der Waals surface area contributed by atoms with Crippen LogP contribution in [0.1, 0.15) is 74.8 Å². The summed E-state index contributed by atoms with van der Waals surface area (Å²) in [4.78, 5) is 0. The van der Waals surface area contributed by atoms with Crippen LogP contribution in [0.2, 0.25) is 0 Å². The third kappa shape index (κ3) is 7.85. The molecule has 2 unspecified atom stereocenters. The molecule has 1 rings (SSSR count). The van der Waals surface area contributed by atoms with Gasteiger partial charge in [-0.05, 0) is 36.8 Å². The average molecular weight is 345 g/mol. The predicted octanol–water partition coefficient (Wildman–Crippen LogP) is 6.25. The zero-order valence-corrected chi connectivity index (χ0v) is 15.3. The van der Waals surface area contributed by atoms with E-state index in [4.69, 9.17) is 28.3 Å². The van der Waals surface area contributed by atoms with E-state index in [0.29, 0.717) is 6.42 Å². The summed E-state index contributed by atoms with van der Waals surface area (Å²) in [7, 11) is 0. The maximum absolute atomic E-state index is 8.88. The van der Waals surface area contributed by atoms with Crippen molar-refractivity contribution in [2.75, 3.05) is 6.61 Å². The standard InChI is InChI=1S/C19H30Cl2O/c1-2-3-4-5-6-7-10-16-11-8-12-17(15-16)19(21)18(20)13-9-14-22/h8,11-12,15,18-19,22H,2-7,9-10,13-14H2,1H3. The summed E-state index contributed by atoms with van der Waals surface area (Å²) >= 11 is 12.8. The molecule has 0 aliphatic rings. The molecule has 1 N–H and O–H groups in total. The molecule has 1 nitrogen and oxygen atoms in total. The topological polar surface area (TPSA) is 20.2 Å². The fourth-order valence-corrected chi connectivity index (χ4v) is 3.23. The van der Waals surface area contributed by atoms with E-state index in [1.165, 1.54) is 44.1 Å². The maximum atomic E-state index is 8.88. The largest absolute Gasteiger partial charge is 0.396 e. The molecule has 0 heterocycles. The highest BCUT2D eigenvalue weighted by Gasteiger charge is 2.18. The van der Waals surface area contributed by atoms with Crippen molar-refractivity contribution in [3.63, 3.8) is 0 Å². The van der Waals surface area contributed by atoms with Gasteiger partial charge in [-0.15, -0.1) is 23.2 Å². The molecule has 0 aromatic heterocycles. The van der Waals surface area contributed by atoms with Gasteiger partial charge in [-0.1, -0.05) is 63.3 Å². The monoisotopic (exact) mass is 344 g/mol. The van der Waals surface area contributed by atoms with Gasteiger partial charge in [-0.3, -0.25) is 0 Å². The molecule has 0 aliphatic carbocycles. The van der Waals surface area contributed by atoms with E-state index in [0.717, 1.165) is 18.4 Å². The lowest BCUT2D eigenvalue weighted by molar-refractivity contribution is 0.283. The summed E-state index contributed by atoms with van der Waals surface area (Å²) in [5.74, 6) is 0. The highest BCUT2D eigenvalue weighted by Crippen LogP contribution is 2.31. The third-order valence-corrected chi connectivity index (χ3v) is 5.20. The van der Waals surface area contributed by atoms with E-state index in [1.807, 2.05) is 0 Å². The normalized spacial score (nSPS) is 14.0. The minimum Gasteiger partial charge on any atom is -0.396 e. The number of alkyl halides is 2. The lowest BCUT2D eigenvalue weighted by Gasteiger charge is -2.17. The molecule has 1 aromatic rings. The highest BCUT2D eigenvalue weighted by atomic mass is 35.5. The number of unbranched alkanes of at least 4 members (excludes halogenated alkanes) is 5. The fraction of sp³-hybridized carbons (Fsp3) is 0.684. The molecule has 0 saturated carbocycles. The molecule has 0 amide bonds. The molecule has 0 bridgehead atoms. The molecule has 0 spiro atoms. The average Bonchev–Trinajstić information content (AvgIpc) is 2.55. The van der Waals surface area contributed by atoms with Gasteiger partial charge in [0.25, 0.3) is 0 Å². The molecule has 0 fully saturated rings. The van der Waals surface area contributed by atoms with Crippen LogP contribution in [0.4, 0.5) is 0 Å². The third-order valence-electron chi connectivity index (χ3n) is 4.04. The molecule has 22 heavy (non-hydrogen) atoms. The number of rotatable bonds is 12. The van der Waals surface area contributed by atoms with E-state index in [2.05, 4.69) is 31.2 Å². The zero-order chi connectivity index (χ0) is 16.2. The van der Waals surface area contributed by atoms with Crippen LogP contribution in [-0.2, 0) is 6.42 Å². The summed E-state index contributed by atoms with van der Waals surface area (Å²) in [5.41, 5.74) is 2.45. The van der Waals surface area contributed by atoms with Crippen molar-refractivity contribution in [1.29, 1.82) is 0 Å². The second-order valence-electron chi connectivity index (χ2n) is 6.05. The molecule has 0 saturated heterocycles. The number of hydrogen-bond acceptors (Lipinski definition) is 1. The van der Waals surface area contributed by atoms with E-state index in [9.17, 15) is 0 Å². The first-order valence-corrected chi connectivity index (χ1v) is 9.54. The first-order valence-electron chi connectivity index (χ1n) is 8.66. The predicted molar refractivity (Wildman–Crippen MR) is 98.1 cm³/mol. The Labute approximate surface area is 146 Å². The van der Waals surface area contributed by atoms with Gasteiger partial charge in [0, 0.05) is 6.61 Å². The van der Waals surface area contributed by atoms with Crippen LogP contribution < -0.4 is 0 Å². The van der Waals surface area contributed by atoms with Crippen LogP contribution in [-0.4, -0.2) is 17.1 Å². The van der Waals surface area contributed by atoms with Crippen LogP contribution in [0.15, 0.2) is 24.3 Å². The number of aliphatic hydroxyl groups is 1. The highest BCUT2D eigenvalue weighted by molar-refractivity contribution is 6.30. The Morgan fingerprint density at radius 2 is 1.73 bits per heavy atom. The molecule has 3 heteroatoms. The summed E-state index contributed by atoms with van der Waals surface area (Å²) in [6, 6.07) is 8.50. The number of halogens is 2. The zero-order valence-electron chi connectivity index (χ0n) is 13.7. The van der Waals surface area contributed by atoms with Crippen LogP contribution in [0.25, 0.3) is 0 Å². The van der Waals surface area contributed by atoms with Crippen molar-refractivity contribution >= 4 is 23.2 Å². The molecule has 0 aliphatic heterocycles. The minimum absolute atomic E-state index is 0.127. The lowest BCUT2D eigenvalue weighted by Crippen LogP contribution is -2.08. The van der Waals surface area contributed by atoms with E-state index < -0.39 is 0 Å². The first kappa shape index (κ1) is 19.8. The Morgan fingerprint density at radius 1 is 1.00 bits per heavy atom. The number of benzene rings is 1. The van der Waals surface area contributed by atoms with E-state index in [1.54, 1.807) is 0 Å². The Kier molecular flexibility index (Phi) is 11.0. The second kappa shape index (κ2) is 12.2. The summed E-state index contributed by atoms with van der Waals surface area (Å²) in [6.45, 7) is 2.42. The Balaban J connectivity index is 2.41. The summed E-state index contributed by atoms with van der Waals surface area (Å²) in [5, 5.41) is 8.57. The molecular formula is C19H30Cl2O. The molecule has 2 atom stereocenters. The van der Waals surface area contributed by atoms with Crippen LogP contribution >= 0.6 is 23.2 Å². The molecule has 0 radical (unpaired) electrons. The van der Waals surface area contributed by atoms with Crippen molar-refractivity contribution in [3.8, 4) is 0 Å².